The minimum atomic E-state index is -1.04. The molecule has 3 rings (SSSR count). The third-order valence-corrected chi connectivity index (χ3v) is 7.74. The van der Waals surface area contributed by atoms with Gasteiger partial charge in [0.15, 0.2) is 0 Å². The molecule has 0 aromatic rings. The molecule has 196 valence electrons. The Morgan fingerprint density at radius 2 is 1.86 bits per heavy atom. The zero-order valence-corrected chi connectivity index (χ0v) is 22.1. The van der Waals surface area contributed by atoms with Crippen LogP contribution in [0.2, 0.25) is 0 Å². The largest absolute Gasteiger partial charge is 0.481 e. The number of allylic oxidation sites excluding steroid dienone is 4. The van der Waals surface area contributed by atoms with E-state index in [1.165, 1.54) is 11.1 Å². The Morgan fingerprint density at radius 1 is 1.17 bits per heavy atom. The van der Waals surface area contributed by atoms with Gasteiger partial charge in [-0.05, 0) is 55.6 Å². The van der Waals surface area contributed by atoms with E-state index < -0.39 is 30.4 Å². The highest BCUT2D eigenvalue weighted by molar-refractivity contribution is 5.67. The molecule has 1 aliphatic carbocycles. The number of carboxylic acid groups (broad SMARTS) is 1. The number of carboxylic acids is 1. The van der Waals surface area contributed by atoms with Gasteiger partial charge in [0.25, 0.3) is 0 Å². The van der Waals surface area contributed by atoms with Crippen molar-refractivity contribution < 1.29 is 29.6 Å². The Labute approximate surface area is 210 Å². The molecule has 2 fully saturated rings. The zero-order valence-electron chi connectivity index (χ0n) is 22.1. The molecular formula is C29H44O6. The first-order valence-corrected chi connectivity index (χ1v) is 13.0. The molecule has 0 radical (unpaired) electrons. The number of rotatable bonds is 9. The average Bonchev–Trinajstić information content (AvgIpc) is 3.40. The van der Waals surface area contributed by atoms with E-state index in [0.29, 0.717) is 17.8 Å². The molecule has 3 N–H and O–H groups in total. The van der Waals surface area contributed by atoms with Crippen molar-refractivity contribution in [2.45, 2.75) is 104 Å². The predicted octanol–water partition coefficient (Wildman–Crippen LogP) is 4.82. The lowest BCUT2D eigenvalue weighted by Crippen LogP contribution is -2.47. The second kappa shape index (κ2) is 11.5. The molecule has 6 nitrogen and oxygen atoms in total. The maximum Gasteiger partial charge on any atom is 0.305 e. The van der Waals surface area contributed by atoms with E-state index in [2.05, 4.69) is 65.8 Å². The number of hydrogen-bond acceptors (Lipinski definition) is 5. The SMILES string of the molecule is CC[C@H]1O[C@@H](/C(C)=C/C(C)(C)/C=C/[C@H]2[C@@H](C)[C@@H]2/C=C/[C@@H]2O[C@H](CC(=O)O)C[C@H](O)[C@H]2O)CC=C1C. The minimum absolute atomic E-state index is 0.0984. The summed E-state index contributed by atoms with van der Waals surface area (Å²) in [5.74, 6) is 0.241. The molecule has 3 aliphatic rings. The van der Waals surface area contributed by atoms with E-state index in [1.54, 1.807) is 6.08 Å². The number of carbonyl (C=O) groups is 1. The second-order valence-electron chi connectivity index (χ2n) is 11.3. The normalized spacial score (nSPS) is 38.7. The molecule has 0 amide bonds. The molecule has 0 aromatic carbocycles. The van der Waals surface area contributed by atoms with Gasteiger partial charge in [-0.1, -0.05) is 64.2 Å². The summed E-state index contributed by atoms with van der Waals surface area (Å²) in [6, 6.07) is 0. The molecule has 2 heterocycles. The summed E-state index contributed by atoms with van der Waals surface area (Å²) in [5, 5.41) is 29.4. The molecular weight excluding hydrogens is 444 g/mol. The van der Waals surface area contributed by atoms with E-state index in [4.69, 9.17) is 14.6 Å². The van der Waals surface area contributed by atoms with Crippen LogP contribution in [0.15, 0.2) is 47.6 Å². The lowest BCUT2D eigenvalue weighted by atomic mass is 9.87. The topological polar surface area (TPSA) is 96.2 Å². The summed E-state index contributed by atoms with van der Waals surface area (Å²) in [5.41, 5.74) is 2.49. The maximum atomic E-state index is 11.0. The molecule has 1 saturated carbocycles. The van der Waals surface area contributed by atoms with E-state index in [9.17, 15) is 15.0 Å². The van der Waals surface area contributed by atoms with Gasteiger partial charge in [0.1, 0.15) is 12.2 Å². The highest BCUT2D eigenvalue weighted by Crippen LogP contribution is 2.49. The molecule has 0 unspecified atom stereocenters. The van der Waals surface area contributed by atoms with E-state index in [0.717, 1.165) is 12.8 Å². The van der Waals surface area contributed by atoms with E-state index in [-0.39, 0.29) is 30.5 Å². The summed E-state index contributed by atoms with van der Waals surface area (Å²) < 4.78 is 12.1. The fourth-order valence-corrected chi connectivity index (χ4v) is 5.43. The summed E-state index contributed by atoms with van der Waals surface area (Å²) in [4.78, 5) is 11.0. The van der Waals surface area contributed by atoms with Gasteiger partial charge in [0.05, 0.1) is 30.8 Å². The lowest BCUT2D eigenvalue weighted by molar-refractivity contribution is -0.163. The molecule has 35 heavy (non-hydrogen) atoms. The van der Waals surface area contributed by atoms with Crippen molar-refractivity contribution in [2.75, 3.05) is 0 Å². The molecule has 9 atom stereocenters. The van der Waals surface area contributed by atoms with Crippen molar-refractivity contribution in [3.63, 3.8) is 0 Å². The van der Waals surface area contributed by atoms with Gasteiger partial charge >= 0.3 is 5.97 Å². The Kier molecular flexibility index (Phi) is 9.19. The summed E-state index contributed by atoms with van der Waals surface area (Å²) >= 11 is 0. The van der Waals surface area contributed by atoms with Gasteiger partial charge in [-0.15, -0.1) is 0 Å². The quantitative estimate of drug-likeness (QED) is 0.403. The smallest absolute Gasteiger partial charge is 0.305 e. The van der Waals surface area contributed by atoms with Crippen LogP contribution < -0.4 is 0 Å². The number of hydrogen-bond donors (Lipinski definition) is 3. The molecule has 6 heteroatoms. The van der Waals surface area contributed by atoms with Crippen LogP contribution in [0.25, 0.3) is 0 Å². The van der Waals surface area contributed by atoms with Gasteiger partial charge in [0.2, 0.25) is 0 Å². The molecule has 2 aliphatic heterocycles. The standard InChI is InChI=1S/C29H44O6/c1-7-24-17(2)8-10-25(35-24)18(3)16-29(5,6)13-12-22-19(4)21(22)9-11-26-28(33)23(30)14-20(34-26)15-27(31)32/h8-9,11-13,16,19-26,28,30,33H,7,10,14-15H2,1-6H3,(H,31,32)/b11-9+,13-12+,18-16+/t19-,20-,21-,22-,23-,24+,25+,26-,28+/m0/s1. The Hall–Kier alpha value is -1.73. The van der Waals surface area contributed by atoms with E-state index in [1.807, 2.05) is 6.08 Å². The van der Waals surface area contributed by atoms with Crippen LogP contribution in [0.4, 0.5) is 0 Å². The highest BCUT2D eigenvalue weighted by Gasteiger charge is 2.43. The second-order valence-corrected chi connectivity index (χ2v) is 11.3. The van der Waals surface area contributed by atoms with Crippen LogP contribution in [0.5, 0.6) is 0 Å². The fourth-order valence-electron chi connectivity index (χ4n) is 5.43. The number of aliphatic hydroxyl groups is 2. The highest BCUT2D eigenvalue weighted by atomic mass is 16.5. The van der Waals surface area contributed by atoms with Gasteiger partial charge in [-0.3, -0.25) is 4.79 Å². The van der Waals surface area contributed by atoms with Gasteiger partial charge in [0, 0.05) is 11.8 Å². The summed E-state index contributed by atoms with van der Waals surface area (Å²) in [7, 11) is 0. The first kappa shape index (κ1) is 27.9. The van der Waals surface area contributed by atoms with Crippen molar-refractivity contribution >= 4 is 5.97 Å². The average molecular weight is 489 g/mol. The van der Waals surface area contributed by atoms with Gasteiger partial charge in [-0.2, -0.15) is 0 Å². The Balaban J connectivity index is 1.58. The van der Waals surface area contributed by atoms with Crippen molar-refractivity contribution in [3.8, 4) is 0 Å². The monoisotopic (exact) mass is 488 g/mol. The van der Waals surface area contributed by atoms with Crippen LogP contribution in [0, 0.1) is 23.2 Å². The number of ether oxygens (including phenoxy) is 2. The van der Waals surface area contributed by atoms with Gasteiger partial charge in [-0.25, -0.2) is 0 Å². The molecule has 0 spiro atoms. The molecule has 0 aromatic heterocycles. The van der Waals surface area contributed by atoms with Crippen LogP contribution >= 0.6 is 0 Å². The third kappa shape index (κ3) is 7.39. The van der Waals surface area contributed by atoms with Crippen LogP contribution in [-0.4, -0.2) is 57.9 Å². The van der Waals surface area contributed by atoms with Crippen molar-refractivity contribution in [1.29, 1.82) is 0 Å². The number of aliphatic carboxylic acids is 1. The first-order valence-electron chi connectivity index (χ1n) is 13.0. The third-order valence-electron chi connectivity index (χ3n) is 7.74. The summed E-state index contributed by atoms with van der Waals surface area (Å²) in [6.45, 7) is 13.1. The first-order chi connectivity index (χ1) is 16.4. The van der Waals surface area contributed by atoms with Crippen molar-refractivity contribution in [1.82, 2.24) is 0 Å². The number of aliphatic hydroxyl groups excluding tert-OH is 2. The lowest BCUT2D eigenvalue weighted by Gasteiger charge is -2.35. The van der Waals surface area contributed by atoms with Crippen LogP contribution in [-0.2, 0) is 14.3 Å². The zero-order chi connectivity index (χ0) is 25.9. The Bertz CT molecular complexity index is 868. The molecule has 0 bridgehead atoms. The minimum Gasteiger partial charge on any atom is -0.481 e. The summed E-state index contributed by atoms with van der Waals surface area (Å²) in [6.07, 6.45) is 11.9. The predicted molar refractivity (Wildman–Crippen MR) is 137 cm³/mol. The van der Waals surface area contributed by atoms with Gasteiger partial charge < -0.3 is 24.8 Å². The fraction of sp³-hybridized carbons (Fsp3) is 0.690. The Morgan fingerprint density at radius 3 is 2.51 bits per heavy atom. The van der Waals surface area contributed by atoms with E-state index >= 15 is 0 Å². The maximum absolute atomic E-state index is 11.0. The van der Waals surface area contributed by atoms with Crippen LogP contribution in [0.1, 0.15) is 67.2 Å². The van der Waals surface area contributed by atoms with Crippen LogP contribution in [0.3, 0.4) is 0 Å². The molecule has 1 saturated heterocycles. The van der Waals surface area contributed by atoms with Crippen molar-refractivity contribution in [3.05, 3.63) is 47.6 Å². The van der Waals surface area contributed by atoms with Crippen molar-refractivity contribution in [2.24, 2.45) is 23.2 Å².